The number of halogens is 1. The van der Waals surface area contributed by atoms with E-state index in [4.69, 9.17) is 4.74 Å². The highest BCUT2D eigenvalue weighted by molar-refractivity contribution is 9.10. The van der Waals surface area contributed by atoms with Gasteiger partial charge in [-0.3, -0.25) is 0 Å². The molecule has 0 aliphatic heterocycles. The molecule has 0 unspecified atom stereocenters. The van der Waals surface area contributed by atoms with Crippen molar-refractivity contribution in [3.05, 3.63) is 28.8 Å². The Balaban J connectivity index is 2.52. The molecule has 5 nitrogen and oxygen atoms in total. The molecule has 2 aromatic rings. The van der Waals surface area contributed by atoms with Crippen LogP contribution in [0.4, 0.5) is 0 Å². The zero-order valence-electron chi connectivity index (χ0n) is 7.98. The quantitative estimate of drug-likeness (QED) is 0.615. The molecule has 0 saturated carbocycles. The van der Waals surface area contributed by atoms with Crippen LogP contribution in [0.2, 0.25) is 0 Å². The van der Waals surface area contributed by atoms with Crippen molar-refractivity contribution < 1.29 is 9.53 Å². The molecule has 2 aromatic heterocycles. The normalized spacial score (nSPS) is 10.5. The molecule has 0 aromatic carbocycles. The highest BCUT2D eigenvalue weighted by atomic mass is 79.9. The van der Waals surface area contributed by atoms with Gasteiger partial charge in [0.25, 0.3) is 0 Å². The molecule has 0 radical (unpaired) electrons. The fourth-order valence-corrected chi connectivity index (χ4v) is 1.54. The van der Waals surface area contributed by atoms with Crippen LogP contribution in [0.3, 0.4) is 0 Å². The van der Waals surface area contributed by atoms with Gasteiger partial charge in [0.2, 0.25) is 0 Å². The molecule has 0 fully saturated rings. The molecule has 6 heteroatoms. The number of carbonyl (C=O) groups excluding carboxylic acids is 1. The fourth-order valence-electron chi connectivity index (χ4n) is 1.23. The Bertz CT molecular complexity index is 509. The van der Waals surface area contributed by atoms with Gasteiger partial charge in [0.05, 0.1) is 18.3 Å². The molecule has 0 amide bonds. The van der Waals surface area contributed by atoms with E-state index in [9.17, 15) is 4.79 Å². The number of hydrogen-bond donors (Lipinski definition) is 0. The van der Waals surface area contributed by atoms with Crippen molar-refractivity contribution in [1.82, 2.24) is 14.6 Å². The van der Waals surface area contributed by atoms with Gasteiger partial charge < -0.3 is 4.74 Å². The molecule has 2 heterocycles. The third kappa shape index (κ3) is 1.85. The standard InChI is InChI=1S/C9H8BrN3O2/c1-2-15-9(14)6-4-12-13-5-11-8(10)3-7(6)13/h3-5H,2H2,1H3. The lowest BCUT2D eigenvalue weighted by atomic mass is 10.3. The monoisotopic (exact) mass is 269 g/mol. The van der Waals surface area contributed by atoms with Crippen LogP contribution in [-0.2, 0) is 4.74 Å². The van der Waals surface area contributed by atoms with Gasteiger partial charge in [-0.05, 0) is 28.9 Å². The van der Waals surface area contributed by atoms with Gasteiger partial charge in [-0.15, -0.1) is 0 Å². The van der Waals surface area contributed by atoms with E-state index < -0.39 is 0 Å². The number of esters is 1. The Kier molecular flexibility index (Phi) is 2.68. The van der Waals surface area contributed by atoms with Gasteiger partial charge in [-0.1, -0.05) is 0 Å². The number of nitrogens with zero attached hydrogens (tertiary/aromatic N) is 3. The van der Waals surface area contributed by atoms with Gasteiger partial charge >= 0.3 is 5.97 Å². The topological polar surface area (TPSA) is 56.5 Å². The summed E-state index contributed by atoms with van der Waals surface area (Å²) in [4.78, 5) is 15.5. The van der Waals surface area contributed by atoms with Crippen LogP contribution in [0.15, 0.2) is 23.2 Å². The summed E-state index contributed by atoms with van der Waals surface area (Å²) in [6, 6.07) is 1.72. The summed E-state index contributed by atoms with van der Waals surface area (Å²) in [7, 11) is 0. The number of rotatable bonds is 2. The zero-order chi connectivity index (χ0) is 10.8. The summed E-state index contributed by atoms with van der Waals surface area (Å²) in [5.41, 5.74) is 1.12. The Morgan fingerprint density at radius 2 is 2.47 bits per heavy atom. The number of aromatic nitrogens is 3. The Labute approximate surface area is 94.2 Å². The second-order valence-electron chi connectivity index (χ2n) is 2.82. The first kappa shape index (κ1) is 10.1. The summed E-state index contributed by atoms with van der Waals surface area (Å²) < 4.78 is 7.08. The molecule has 15 heavy (non-hydrogen) atoms. The van der Waals surface area contributed by atoms with Crippen molar-refractivity contribution in [2.24, 2.45) is 0 Å². The van der Waals surface area contributed by atoms with E-state index >= 15 is 0 Å². The molecule has 78 valence electrons. The molecular weight excluding hydrogens is 262 g/mol. The van der Waals surface area contributed by atoms with E-state index in [-0.39, 0.29) is 5.97 Å². The van der Waals surface area contributed by atoms with Gasteiger partial charge in [0.1, 0.15) is 16.5 Å². The van der Waals surface area contributed by atoms with Crippen LogP contribution in [-0.4, -0.2) is 27.2 Å². The summed E-state index contributed by atoms with van der Waals surface area (Å²) in [6.07, 6.45) is 3.00. The predicted molar refractivity (Wildman–Crippen MR) is 56.6 cm³/mol. The Morgan fingerprint density at radius 1 is 1.67 bits per heavy atom. The molecular formula is C9H8BrN3O2. The van der Waals surface area contributed by atoms with Crippen molar-refractivity contribution in [2.45, 2.75) is 6.92 Å². The molecule has 0 aliphatic rings. The number of hydrogen-bond acceptors (Lipinski definition) is 4. The highest BCUT2D eigenvalue weighted by Crippen LogP contribution is 2.15. The van der Waals surface area contributed by atoms with Crippen LogP contribution in [0.1, 0.15) is 17.3 Å². The summed E-state index contributed by atoms with van der Waals surface area (Å²) >= 11 is 3.24. The zero-order valence-corrected chi connectivity index (χ0v) is 9.56. The maximum atomic E-state index is 11.5. The van der Waals surface area contributed by atoms with Crippen molar-refractivity contribution in [2.75, 3.05) is 6.61 Å². The predicted octanol–water partition coefficient (Wildman–Crippen LogP) is 1.67. The first-order valence-electron chi connectivity index (χ1n) is 4.38. The van der Waals surface area contributed by atoms with E-state index in [1.165, 1.54) is 17.0 Å². The SMILES string of the molecule is CCOC(=O)c1cnn2cnc(Br)cc12. The Morgan fingerprint density at radius 3 is 3.20 bits per heavy atom. The van der Waals surface area contributed by atoms with Crippen molar-refractivity contribution in [3.63, 3.8) is 0 Å². The Hall–Kier alpha value is -1.43. The highest BCUT2D eigenvalue weighted by Gasteiger charge is 2.13. The second kappa shape index (κ2) is 3.98. The fraction of sp³-hybridized carbons (Fsp3) is 0.222. The van der Waals surface area contributed by atoms with Crippen LogP contribution >= 0.6 is 15.9 Å². The maximum absolute atomic E-state index is 11.5. The number of carbonyl (C=O) groups is 1. The minimum atomic E-state index is -0.370. The van der Waals surface area contributed by atoms with E-state index in [1.807, 2.05) is 0 Å². The third-order valence-corrected chi connectivity index (χ3v) is 2.31. The van der Waals surface area contributed by atoms with E-state index in [0.29, 0.717) is 22.3 Å². The van der Waals surface area contributed by atoms with Gasteiger partial charge in [0.15, 0.2) is 0 Å². The largest absolute Gasteiger partial charge is 0.462 e. The molecule has 2 rings (SSSR count). The lowest BCUT2D eigenvalue weighted by Gasteiger charge is -1.99. The van der Waals surface area contributed by atoms with E-state index in [0.717, 1.165) is 0 Å². The van der Waals surface area contributed by atoms with Gasteiger partial charge in [0, 0.05) is 0 Å². The van der Waals surface area contributed by atoms with Crippen molar-refractivity contribution >= 4 is 27.4 Å². The lowest BCUT2D eigenvalue weighted by molar-refractivity contribution is 0.0528. The molecule has 0 bridgehead atoms. The van der Waals surface area contributed by atoms with E-state index in [1.54, 1.807) is 13.0 Å². The summed E-state index contributed by atoms with van der Waals surface area (Å²) in [5, 5.41) is 4.00. The third-order valence-electron chi connectivity index (χ3n) is 1.88. The van der Waals surface area contributed by atoms with Gasteiger partial charge in [-0.2, -0.15) is 5.10 Å². The summed E-state index contributed by atoms with van der Waals surface area (Å²) in [5.74, 6) is -0.370. The smallest absolute Gasteiger partial charge is 0.341 e. The first-order valence-corrected chi connectivity index (χ1v) is 5.17. The maximum Gasteiger partial charge on any atom is 0.341 e. The van der Waals surface area contributed by atoms with Crippen LogP contribution in [0.25, 0.3) is 5.52 Å². The van der Waals surface area contributed by atoms with Crippen molar-refractivity contribution in [1.29, 1.82) is 0 Å². The summed E-state index contributed by atoms with van der Waals surface area (Å²) in [6.45, 7) is 2.11. The number of ether oxygens (including phenoxy) is 1. The second-order valence-corrected chi connectivity index (χ2v) is 3.63. The molecule has 0 N–H and O–H groups in total. The minimum Gasteiger partial charge on any atom is -0.462 e. The van der Waals surface area contributed by atoms with Crippen LogP contribution in [0, 0.1) is 0 Å². The van der Waals surface area contributed by atoms with Crippen molar-refractivity contribution in [3.8, 4) is 0 Å². The average Bonchev–Trinajstić information content (AvgIpc) is 2.60. The van der Waals surface area contributed by atoms with E-state index in [2.05, 4.69) is 26.0 Å². The van der Waals surface area contributed by atoms with Crippen LogP contribution < -0.4 is 0 Å². The lowest BCUT2D eigenvalue weighted by Crippen LogP contribution is -2.04. The average molecular weight is 270 g/mol. The molecule has 0 aliphatic carbocycles. The number of fused-ring (bicyclic) bond motifs is 1. The molecule has 0 saturated heterocycles. The minimum absolute atomic E-state index is 0.350. The molecule has 0 spiro atoms. The first-order chi connectivity index (χ1) is 7.22. The van der Waals surface area contributed by atoms with Gasteiger partial charge in [-0.25, -0.2) is 14.3 Å². The molecule has 0 atom stereocenters. The van der Waals surface area contributed by atoms with Crippen LogP contribution in [0.5, 0.6) is 0 Å².